The molecule has 4 aliphatic rings. The molecule has 4 heteroatoms. The Kier molecular flexibility index (Phi) is 5.94. The molecule has 0 aliphatic heterocycles. The van der Waals surface area contributed by atoms with Crippen LogP contribution in [0.3, 0.4) is 0 Å². The first-order chi connectivity index (χ1) is 15.4. The lowest BCUT2D eigenvalue weighted by atomic mass is 9.48. The summed E-state index contributed by atoms with van der Waals surface area (Å²) in [5, 5.41) is 24.7. The van der Waals surface area contributed by atoms with Crippen molar-refractivity contribution in [2.24, 2.45) is 46.8 Å². The molecule has 4 saturated carbocycles. The van der Waals surface area contributed by atoms with Gasteiger partial charge in [-0.3, -0.25) is 4.68 Å². The molecule has 0 bridgehead atoms. The highest BCUT2D eigenvalue weighted by Gasteiger charge is 2.58. The van der Waals surface area contributed by atoms with Crippen LogP contribution in [-0.4, -0.2) is 20.5 Å². The van der Waals surface area contributed by atoms with Crippen LogP contribution < -0.4 is 0 Å². The van der Waals surface area contributed by atoms with Crippen molar-refractivity contribution in [3.8, 4) is 6.07 Å². The summed E-state index contributed by atoms with van der Waals surface area (Å²) in [4.78, 5) is 0. The van der Waals surface area contributed by atoms with Crippen molar-refractivity contribution in [1.82, 2.24) is 9.78 Å². The second-order valence-electron chi connectivity index (χ2n) is 12.4. The lowest BCUT2D eigenvalue weighted by Crippen LogP contribution is -2.51. The third-order valence-electron chi connectivity index (χ3n) is 10.8. The summed E-state index contributed by atoms with van der Waals surface area (Å²) in [5.41, 5.74) is 0.775. The lowest BCUT2D eigenvalue weighted by molar-refractivity contribution is -0.110. The molecule has 5 rings (SSSR count). The highest BCUT2D eigenvalue weighted by molar-refractivity contribution is 5.21. The van der Waals surface area contributed by atoms with E-state index in [2.05, 4.69) is 31.9 Å². The van der Waals surface area contributed by atoms with E-state index in [1.54, 1.807) is 6.20 Å². The molecule has 0 radical (unpaired) electrons. The zero-order chi connectivity index (χ0) is 22.5. The second-order valence-corrected chi connectivity index (χ2v) is 12.4. The second kappa shape index (κ2) is 8.46. The number of aromatic nitrogens is 2. The smallest absolute Gasteiger partial charge is 0.102 e. The minimum absolute atomic E-state index is 0.363. The molecule has 1 heterocycles. The van der Waals surface area contributed by atoms with Gasteiger partial charge >= 0.3 is 0 Å². The number of hydrogen-bond acceptors (Lipinski definition) is 3. The Morgan fingerprint density at radius 1 is 1.16 bits per heavy atom. The van der Waals surface area contributed by atoms with Crippen molar-refractivity contribution in [1.29, 1.82) is 5.26 Å². The van der Waals surface area contributed by atoms with E-state index >= 15 is 0 Å². The van der Waals surface area contributed by atoms with Gasteiger partial charge < -0.3 is 5.11 Å². The van der Waals surface area contributed by atoms with Crippen molar-refractivity contribution >= 4 is 0 Å². The minimum Gasteiger partial charge on any atom is -0.390 e. The highest BCUT2D eigenvalue weighted by Crippen LogP contribution is 2.65. The number of aliphatic hydroxyl groups is 1. The standard InChI is InChI=1S/C28H43N3O/c1-4-11-28(32)13-10-22-21(14-28)5-6-24-23(22)9-12-27(3)25(7-8-26(24)27)19(2)17-31-18-20(15-29)16-30-31/h16,18-19,21-26,32H,4-14,17H2,1-3H3/t19-,21+,22+,23-,24-,25-,26+,27-,28-/m1/s1. The molecule has 0 amide bonds. The van der Waals surface area contributed by atoms with Gasteiger partial charge in [-0.2, -0.15) is 10.4 Å². The predicted molar refractivity (Wildman–Crippen MR) is 127 cm³/mol. The zero-order valence-corrected chi connectivity index (χ0v) is 20.5. The third kappa shape index (κ3) is 3.73. The van der Waals surface area contributed by atoms with Gasteiger partial charge in [-0.15, -0.1) is 0 Å². The highest BCUT2D eigenvalue weighted by atomic mass is 16.3. The van der Waals surface area contributed by atoms with E-state index in [0.29, 0.717) is 16.9 Å². The predicted octanol–water partition coefficient (Wildman–Crippen LogP) is 6.19. The van der Waals surface area contributed by atoms with Crippen molar-refractivity contribution in [2.75, 3.05) is 0 Å². The molecule has 4 nitrogen and oxygen atoms in total. The van der Waals surface area contributed by atoms with E-state index < -0.39 is 0 Å². The molecule has 0 aromatic carbocycles. The Labute approximate surface area is 194 Å². The topological polar surface area (TPSA) is 61.8 Å². The first-order valence-corrected chi connectivity index (χ1v) is 13.5. The van der Waals surface area contributed by atoms with Gasteiger partial charge in [-0.25, -0.2) is 0 Å². The van der Waals surface area contributed by atoms with Crippen LogP contribution in [0.1, 0.15) is 97.0 Å². The van der Waals surface area contributed by atoms with E-state index in [9.17, 15) is 5.11 Å². The molecule has 4 aliphatic carbocycles. The largest absolute Gasteiger partial charge is 0.390 e. The van der Waals surface area contributed by atoms with Crippen LogP contribution in [0.15, 0.2) is 12.4 Å². The van der Waals surface area contributed by atoms with E-state index in [-0.39, 0.29) is 5.60 Å². The van der Waals surface area contributed by atoms with Crippen molar-refractivity contribution in [2.45, 2.75) is 104 Å². The van der Waals surface area contributed by atoms with Gasteiger partial charge in [0.25, 0.3) is 0 Å². The van der Waals surface area contributed by atoms with Crippen LogP contribution in [-0.2, 0) is 6.54 Å². The molecule has 0 unspecified atom stereocenters. The molecular formula is C28H43N3O. The van der Waals surface area contributed by atoms with Crippen LogP contribution in [0.4, 0.5) is 0 Å². The van der Waals surface area contributed by atoms with Gasteiger partial charge in [0.05, 0.1) is 17.4 Å². The van der Waals surface area contributed by atoms with Crippen molar-refractivity contribution < 1.29 is 5.11 Å². The normalized spacial score (nSPS) is 44.2. The zero-order valence-electron chi connectivity index (χ0n) is 20.5. The fourth-order valence-corrected chi connectivity index (χ4v) is 9.57. The number of nitrogens with zero attached hydrogens (tertiary/aromatic N) is 3. The average molecular weight is 438 g/mol. The van der Waals surface area contributed by atoms with Crippen LogP contribution in [0.25, 0.3) is 0 Å². The monoisotopic (exact) mass is 437 g/mol. The summed E-state index contributed by atoms with van der Waals surface area (Å²) in [6, 6.07) is 2.21. The van der Waals surface area contributed by atoms with Crippen LogP contribution in [0.5, 0.6) is 0 Å². The fraction of sp³-hybridized carbons (Fsp3) is 0.857. The van der Waals surface area contributed by atoms with Gasteiger partial charge in [-0.1, -0.05) is 27.2 Å². The number of fused-ring (bicyclic) bond motifs is 5. The molecule has 0 saturated heterocycles. The molecule has 1 N–H and O–H groups in total. The van der Waals surface area contributed by atoms with E-state index in [1.165, 1.54) is 44.9 Å². The first kappa shape index (κ1) is 22.5. The van der Waals surface area contributed by atoms with E-state index in [0.717, 1.165) is 67.7 Å². The molecular weight excluding hydrogens is 394 g/mol. The van der Waals surface area contributed by atoms with Crippen LogP contribution in [0.2, 0.25) is 0 Å². The average Bonchev–Trinajstić information content (AvgIpc) is 3.36. The summed E-state index contributed by atoms with van der Waals surface area (Å²) >= 11 is 0. The summed E-state index contributed by atoms with van der Waals surface area (Å²) in [6.45, 7) is 8.20. The SMILES string of the molecule is CCC[C@@]1(O)CC[C@H]2[C@@H](CC[C@@H]3[C@@H]2CC[C@]2(C)[C@@H]([C@H](C)Cn4cc(C#N)cn4)CC[C@@H]32)C1. The molecule has 176 valence electrons. The number of rotatable bonds is 5. The van der Waals surface area contributed by atoms with Crippen LogP contribution in [0, 0.1) is 58.2 Å². The summed E-state index contributed by atoms with van der Waals surface area (Å²) in [7, 11) is 0. The molecule has 1 aromatic heterocycles. The molecule has 9 atom stereocenters. The maximum absolute atomic E-state index is 11.1. The summed E-state index contributed by atoms with van der Waals surface area (Å²) < 4.78 is 2.00. The Bertz CT molecular complexity index is 857. The maximum Gasteiger partial charge on any atom is 0.102 e. The molecule has 32 heavy (non-hydrogen) atoms. The van der Waals surface area contributed by atoms with E-state index in [4.69, 9.17) is 5.26 Å². The molecule has 1 aromatic rings. The van der Waals surface area contributed by atoms with Gasteiger partial charge in [0.2, 0.25) is 0 Å². The van der Waals surface area contributed by atoms with Gasteiger partial charge in [0.1, 0.15) is 6.07 Å². The Morgan fingerprint density at radius 2 is 1.97 bits per heavy atom. The lowest BCUT2D eigenvalue weighted by Gasteiger charge is -2.57. The van der Waals surface area contributed by atoms with Gasteiger partial charge in [0, 0.05) is 12.7 Å². The minimum atomic E-state index is -0.363. The number of hydrogen-bond donors (Lipinski definition) is 1. The Morgan fingerprint density at radius 3 is 2.72 bits per heavy atom. The number of nitriles is 1. The first-order valence-electron chi connectivity index (χ1n) is 13.5. The van der Waals surface area contributed by atoms with E-state index in [1.807, 2.05) is 10.9 Å². The van der Waals surface area contributed by atoms with Crippen molar-refractivity contribution in [3.05, 3.63) is 18.0 Å². The maximum atomic E-state index is 11.1. The quantitative estimate of drug-likeness (QED) is 0.597. The Balaban J connectivity index is 1.27. The third-order valence-corrected chi connectivity index (χ3v) is 10.8. The van der Waals surface area contributed by atoms with Crippen molar-refractivity contribution in [3.63, 3.8) is 0 Å². The fourth-order valence-electron chi connectivity index (χ4n) is 9.57. The molecule has 4 fully saturated rings. The molecule has 0 spiro atoms. The van der Waals surface area contributed by atoms with Crippen LogP contribution >= 0.6 is 0 Å². The summed E-state index contributed by atoms with van der Waals surface area (Å²) in [5.74, 6) is 5.73. The summed E-state index contributed by atoms with van der Waals surface area (Å²) in [6.07, 6.45) is 17.4. The van der Waals surface area contributed by atoms with Gasteiger partial charge in [0.15, 0.2) is 0 Å². The Hall–Kier alpha value is -1.34. The van der Waals surface area contributed by atoms with Gasteiger partial charge in [-0.05, 0) is 111 Å².